The van der Waals surface area contributed by atoms with Crippen molar-refractivity contribution in [3.05, 3.63) is 12.4 Å². The first-order valence-corrected chi connectivity index (χ1v) is 5.10. The van der Waals surface area contributed by atoms with E-state index in [0.29, 0.717) is 25.3 Å². The average Bonchev–Trinajstić information content (AvgIpc) is 2.54. The van der Waals surface area contributed by atoms with Crippen LogP contribution in [-0.2, 0) is 4.79 Å². The molecule has 2 heterocycles. The van der Waals surface area contributed by atoms with Crippen LogP contribution in [0.2, 0.25) is 0 Å². The Balaban J connectivity index is 2.13. The molecule has 0 radical (unpaired) electrons. The Morgan fingerprint density at radius 3 is 3.12 bits per heavy atom. The normalized spacial score (nSPS) is 16.6. The van der Waals surface area contributed by atoms with Gasteiger partial charge in [0.15, 0.2) is 5.82 Å². The molecular formula is C9H14N6O. The second-order valence-corrected chi connectivity index (χ2v) is 3.49. The first-order valence-electron chi connectivity index (χ1n) is 5.10. The smallest absolute Gasteiger partial charge is 0.221 e. The SMILES string of the molecule is NNc1cncc(N2CCNC(=O)CC2)n1. The van der Waals surface area contributed by atoms with Crippen LogP contribution in [0.25, 0.3) is 0 Å². The lowest BCUT2D eigenvalue weighted by Crippen LogP contribution is -2.29. The van der Waals surface area contributed by atoms with Crippen LogP contribution in [0.4, 0.5) is 11.6 Å². The molecule has 1 saturated heterocycles. The van der Waals surface area contributed by atoms with Gasteiger partial charge in [0.2, 0.25) is 5.91 Å². The molecule has 0 unspecified atom stereocenters. The maximum absolute atomic E-state index is 11.2. The fraction of sp³-hybridized carbons (Fsp3) is 0.444. The summed E-state index contributed by atoms with van der Waals surface area (Å²) in [5.74, 6) is 6.58. The Morgan fingerprint density at radius 2 is 2.31 bits per heavy atom. The number of hydrogen-bond donors (Lipinski definition) is 3. The topological polar surface area (TPSA) is 96.2 Å². The highest BCUT2D eigenvalue weighted by Gasteiger charge is 2.15. The average molecular weight is 222 g/mol. The van der Waals surface area contributed by atoms with Crippen LogP contribution in [0.1, 0.15) is 6.42 Å². The van der Waals surface area contributed by atoms with Crippen molar-refractivity contribution < 1.29 is 4.79 Å². The molecule has 1 aliphatic heterocycles. The monoisotopic (exact) mass is 222 g/mol. The third kappa shape index (κ3) is 2.37. The number of nitrogens with zero attached hydrogens (tertiary/aromatic N) is 3. The fourth-order valence-electron chi connectivity index (χ4n) is 1.57. The summed E-state index contributed by atoms with van der Waals surface area (Å²) >= 11 is 0. The lowest BCUT2D eigenvalue weighted by atomic mass is 10.4. The van der Waals surface area contributed by atoms with Crippen molar-refractivity contribution in [1.29, 1.82) is 0 Å². The van der Waals surface area contributed by atoms with E-state index in [0.717, 1.165) is 12.4 Å². The van der Waals surface area contributed by atoms with Gasteiger partial charge in [0, 0.05) is 26.1 Å². The van der Waals surface area contributed by atoms with Crippen LogP contribution in [0.15, 0.2) is 12.4 Å². The summed E-state index contributed by atoms with van der Waals surface area (Å²) < 4.78 is 0. The fourth-order valence-corrected chi connectivity index (χ4v) is 1.57. The summed E-state index contributed by atoms with van der Waals surface area (Å²) in [6.07, 6.45) is 3.68. The van der Waals surface area contributed by atoms with E-state index in [-0.39, 0.29) is 5.91 Å². The molecule has 0 saturated carbocycles. The van der Waals surface area contributed by atoms with Gasteiger partial charge in [0.05, 0.1) is 12.4 Å². The van der Waals surface area contributed by atoms with Gasteiger partial charge >= 0.3 is 0 Å². The van der Waals surface area contributed by atoms with Crippen molar-refractivity contribution in [2.24, 2.45) is 5.84 Å². The highest BCUT2D eigenvalue weighted by atomic mass is 16.1. The molecule has 0 atom stereocenters. The lowest BCUT2D eigenvalue weighted by Gasteiger charge is -2.20. The zero-order valence-corrected chi connectivity index (χ0v) is 8.81. The quantitative estimate of drug-likeness (QED) is 0.443. The molecule has 1 aromatic heterocycles. The predicted molar refractivity (Wildman–Crippen MR) is 59.7 cm³/mol. The molecule has 0 aromatic carbocycles. The van der Waals surface area contributed by atoms with Crippen molar-refractivity contribution in [3.8, 4) is 0 Å². The number of aromatic nitrogens is 2. The van der Waals surface area contributed by atoms with E-state index >= 15 is 0 Å². The second-order valence-electron chi connectivity index (χ2n) is 3.49. The minimum absolute atomic E-state index is 0.0727. The van der Waals surface area contributed by atoms with Crippen molar-refractivity contribution in [2.75, 3.05) is 30.0 Å². The standard InChI is InChI=1S/C9H14N6O/c10-14-7-5-11-6-8(13-7)15-3-1-9(16)12-2-4-15/h5-6H,1-4,10H2,(H,12,16)(H,13,14). The molecule has 1 amide bonds. The number of carbonyl (C=O) groups is 1. The summed E-state index contributed by atoms with van der Waals surface area (Å²) in [4.78, 5) is 21.5. The molecule has 16 heavy (non-hydrogen) atoms. The molecule has 1 fully saturated rings. The molecule has 7 heteroatoms. The number of amides is 1. The molecule has 0 spiro atoms. The Hall–Kier alpha value is -1.89. The van der Waals surface area contributed by atoms with Crippen LogP contribution >= 0.6 is 0 Å². The van der Waals surface area contributed by atoms with Crippen LogP contribution < -0.4 is 21.5 Å². The van der Waals surface area contributed by atoms with E-state index in [2.05, 4.69) is 20.7 Å². The van der Waals surface area contributed by atoms with Gasteiger partial charge in [-0.2, -0.15) is 0 Å². The van der Waals surface area contributed by atoms with Gasteiger partial charge in [-0.25, -0.2) is 10.8 Å². The van der Waals surface area contributed by atoms with Gasteiger partial charge in [-0.05, 0) is 0 Å². The molecule has 7 nitrogen and oxygen atoms in total. The minimum Gasteiger partial charge on any atom is -0.354 e. The van der Waals surface area contributed by atoms with Crippen LogP contribution in [0, 0.1) is 0 Å². The Labute approximate surface area is 93.0 Å². The van der Waals surface area contributed by atoms with Crippen LogP contribution in [-0.4, -0.2) is 35.5 Å². The van der Waals surface area contributed by atoms with Crippen molar-refractivity contribution in [1.82, 2.24) is 15.3 Å². The minimum atomic E-state index is 0.0727. The first-order chi connectivity index (χ1) is 7.79. The van der Waals surface area contributed by atoms with Crippen LogP contribution in [0.5, 0.6) is 0 Å². The summed E-state index contributed by atoms with van der Waals surface area (Å²) in [6, 6.07) is 0. The second kappa shape index (κ2) is 4.75. The molecule has 2 rings (SSSR count). The number of nitrogens with one attached hydrogen (secondary N) is 2. The maximum atomic E-state index is 11.2. The van der Waals surface area contributed by atoms with E-state index in [1.807, 2.05) is 4.90 Å². The van der Waals surface area contributed by atoms with Gasteiger partial charge < -0.3 is 15.6 Å². The largest absolute Gasteiger partial charge is 0.354 e. The van der Waals surface area contributed by atoms with Gasteiger partial charge in [-0.3, -0.25) is 9.78 Å². The Bertz CT molecular complexity index is 382. The van der Waals surface area contributed by atoms with Gasteiger partial charge in [0.1, 0.15) is 5.82 Å². The van der Waals surface area contributed by atoms with Crippen LogP contribution in [0.3, 0.4) is 0 Å². The number of nitrogens with two attached hydrogens (primary N) is 1. The molecule has 4 N–H and O–H groups in total. The summed E-state index contributed by atoms with van der Waals surface area (Å²) in [6.45, 7) is 2.00. The molecule has 86 valence electrons. The van der Waals surface area contributed by atoms with Crippen molar-refractivity contribution in [3.63, 3.8) is 0 Å². The van der Waals surface area contributed by atoms with Gasteiger partial charge in [-0.1, -0.05) is 0 Å². The van der Waals surface area contributed by atoms with Gasteiger partial charge in [0.25, 0.3) is 0 Å². The number of anilines is 2. The third-order valence-corrected chi connectivity index (χ3v) is 2.41. The highest BCUT2D eigenvalue weighted by molar-refractivity contribution is 5.77. The third-order valence-electron chi connectivity index (χ3n) is 2.41. The summed E-state index contributed by atoms with van der Waals surface area (Å²) in [5.41, 5.74) is 2.45. The van der Waals surface area contributed by atoms with E-state index < -0.39 is 0 Å². The zero-order valence-electron chi connectivity index (χ0n) is 8.81. The number of carbonyl (C=O) groups excluding carboxylic acids is 1. The molecule has 0 bridgehead atoms. The number of hydrogen-bond acceptors (Lipinski definition) is 6. The maximum Gasteiger partial charge on any atom is 0.221 e. The summed E-state index contributed by atoms with van der Waals surface area (Å²) in [5, 5.41) is 2.80. The molecule has 1 aliphatic rings. The van der Waals surface area contributed by atoms with Crippen molar-refractivity contribution in [2.45, 2.75) is 6.42 Å². The molecule has 0 aliphatic carbocycles. The predicted octanol–water partition coefficient (Wildman–Crippen LogP) is -0.912. The van der Waals surface area contributed by atoms with Gasteiger partial charge in [-0.15, -0.1) is 0 Å². The first kappa shape index (κ1) is 10.6. The Morgan fingerprint density at radius 1 is 1.44 bits per heavy atom. The number of hydrazine groups is 1. The number of rotatable bonds is 2. The van der Waals surface area contributed by atoms with E-state index in [1.54, 1.807) is 12.4 Å². The Kier molecular flexibility index (Phi) is 3.16. The highest BCUT2D eigenvalue weighted by Crippen LogP contribution is 2.12. The molecule has 1 aromatic rings. The van der Waals surface area contributed by atoms with Crippen molar-refractivity contribution >= 4 is 17.5 Å². The summed E-state index contributed by atoms with van der Waals surface area (Å²) in [7, 11) is 0. The molecular weight excluding hydrogens is 208 g/mol. The van der Waals surface area contributed by atoms with E-state index in [9.17, 15) is 4.79 Å². The van der Waals surface area contributed by atoms with E-state index in [1.165, 1.54) is 0 Å². The lowest BCUT2D eigenvalue weighted by molar-refractivity contribution is -0.120. The number of nitrogen functional groups attached to an aromatic ring is 1. The van der Waals surface area contributed by atoms with E-state index in [4.69, 9.17) is 5.84 Å². The zero-order chi connectivity index (χ0) is 11.4.